The lowest BCUT2D eigenvalue weighted by Crippen LogP contribution is -2.42. The van der Waals surface area contributed by atoms with Crippen molar-refractivity contribution in [2.75, 3.05) is 13.1 Å². The van der Waals surface area contributed by atoms with Crippen molar-refractivity contribution in [1.29, 1.82) is 0 Å². The summed E-state index contributed by atoms with van der Waals surface area (Å²) in [6.45, 7) is 5.95. The Bertz CT molecular complexity index is 850. The predicted octanol–water partition coefficient (Wildman–Crippen LogP) is 3.87. The van der Waals surface area contributed by atoms with E-state index in [1.807, 2.05) is 41.3 Å². The number of amides is 2. The summed E-state index contributed by atoms with van der Waals surface area (Å²) in [5.41, 5.74) is 4.59. The molecule has 2 aromatic rings. The highest BCUT2D eigenvalue weighted by atomic mass is 16.2. The number of hydrogen-bond acceptors (Lipinski definition) is 2. The number of benzene rings is 2. The first-order valence-corrected chi connectivity index (χ1v) is 9.89. The van der Waals surface area contributed by atoms with Crippen molar-refractivity contribution in [2.24, 2.45) is 5.92 Å². The monoisotopic (exact) mass is 376 g/mol. The number of aryl methyl sites for hydroxylation is 2. The van der Waals surface area contributed by atoms with Gasteiger partial charge in [0.15, 0.2) is 0 Å². The molecule has 1 saturated heterocycles. The molecule has 0 bridgehead atoms. The largest absolute Gasteiger partial charge is 0.352 e. The summed E-state index contributed by atoms with van der Waals surface area (Å²) in [4.78, 5) is 26.7. The van der Waals surface area contributed by atoms with Gasteiger partial charge in [-0.1, -0.05) is 54.1 Å². The summed E-state index contributed by atoms with van der Waals surface area (Å²) in [7, 11) is 0. The zero-order valence-electron chi connectivity index (χ0n) is 16.7. The van der Waals surface area contributed by atoms with Gasteiger partial charge in [0, 0.05) is 31.6 Å². The summed E-state index contributed by atoms with van der Waals surface area (Å²) >= 11 is 0. The number of likely N-dealkylation sites (tertiary alicyclic amines) is 1. The van der Waals surface area contributed by atoms with Crippen molar-refractivity contribution >= 4 is 17.9 Å². The van der Waals surface area contributed by atoms with E-state index in [4.69, 9.17) is 0 Å². The molecule has 0 aliphatic carbocycles. The van der Waals surface area contributed by atoms with E-state index >= 15 is 0 Å². The minimum atomic E-state index is -0.0205. The van der Waals surface area contributed by atoms with Gasteiger partial charge in [-0.05, 0) is 49.5 Å². The van der Waals surface area contributed by atoms with Gasteiger partial charge in [0.1, 0.15) is 0 Å². The van der Waals surface area contributed by atoms with Gasteiger partial charge < -0.3 is 10.2 Å². The first-order valence-electron chi connectivity index (χ1n) is 9.89. The highest BCUT2D eigenvalue weighted by Crippen LogP contribution is 2.18. The minimum absolute atomic E-state index is 0.0120. The summed E-state index contributed by atoms with van der Waals surface area (Å²) < 4.78 is 0. The molecule has 0 unspecified atom stereocenters. The third kappa shape index (κ3) is 5.32. The van der Waals surface area contributed by atoms with Gasteiger partial charge in [-0.2, -0.15) is 0 Å². The van der Waals surface area contributed by atoms with Crippen LogP contribution in [0.3, 0.4) is 0 Å². The molecular weight excluding hydrogens is 348 g/mol. The first kappa shape index (κ1) is 19.9. The van der Waals surface area contributed by atoms with E-state index in [2.05, 4.69) is 37.4 Å². The number of piperidine rings is 1. The Balaban J connectivity index is 1.46. The fraction of sp³-hybridized carbons (Fsp3) is 0.333. The molecule has 4 heteroatoms. The van der Waals surface area contributed by atoms with E-state index < -0.39 is 0 Å². The summed E-state index contributed by atoms with van der Waals surface area (Å²) in [6.07, 6.45) is 4.88. The van der Waals surface area contributed by atoms with Crippen LogP contribution in [0.2, 0.25) is 0 Å². The van der Waals surface area contributed by atoms with Crippen LogP contribution in [0.25, 0.3) is 6.08 Å². The quantitative estimate of drug-likeness (QED) is 0.806. The minimum Gasteiger partial charge on any atom is -0.352 e. The second-order valence-corrected chi connectivity index (χ2v) is 7.49. The number of nitrogens with zero attached hydrogens (tertiary/aromatic N) is 1. The van der Waals surface area contributed by atoms with E-state index in [0.29, 0.717) is 32.5 Å². The number of carbonyl (C=O) groups is 2. The molecule has 1 aliphatic rings. The third-order valence-electron chi connectivity index (χ3n) is 5.35. The molecule has 1 fully saturated rings. The van der Waals surface area contributed by atoms with Crippen molar-refractivity contribution in [3.63, 3.8) is 0 Å². The highest BCUT2D eigenvalue weighted by Gasteiger charge is 2.26. The standard InChI is InChI=1S/C24H28N2O2/c1-18-8-10-22(19(2)16-18)17-25-24(28)21-12-14-26(15-13-21)23(27)11-9-20-6-4-3-5-7-20/h3-11,16,21H,12-15,17H2,1-2H3,(H,25,28). The lowest BCUT2D eigenvalue weighted by atomic mass is 9.95. The Morgan fingerprint density at radius 1 is 1.07 bits per heavy atom. The van der Waals surface area contributed by atoms with Crippen molar-refractivity contribution in [3.05, 3.63) is 76.9 Å². The first-order chi connectivity index (χ1) is 13.5. The second-order valence-electron chi connectivity index (χ2n) is 7.49. The maximum absolute atomic E-state index is 12.5. The maximum atomic E-state index is 12.5. The van der Waals surface area contributed by atoms with E-state index in [-0.39, 0.29) is 17.7 Å². The Hall–Kier alpha value is -2.88. The van der Waals surface area contributed by atoms with Crippen molar-refractivity contribution in [1.82, 2.24) is 10.2 Å². The van der Waals surface area contributed by atoms with Crippen molar-refractivity contribution < 1.29 is 9.59 Å². The molecule has 1 aliphatic heterocycles. The molecule has 2 aromatic carbocycles. The smallest absolute Gasteiger partial charge is 0.246 e. The van der Waals surface area contributed by atoms with E-state index in [1.54, 1.807) is 6.08 Å². The number of carbonyl (C=O) groups excluding carboxylic acids is 2. The van der Waals surface area contributed by atoms with Gasteiger partial charge in [0.25, 0.3) is 0 Å². The maximum Gasteiger partial charge on any atom is 0.246 e. The van der Waals surface area contributed by atoms with E-state index in [9.17, 15) is 9.59 Å². The molecule has 0 atom stereocenters. The van der Waals surface area contributed by atoms with Gasteiger partial charge in [-0.3, -0.25) is 9.59 Å². The normalized spacial score (nSPS) is 15.0. The molecule has 28 heavy (non-hydrogen) atoms. The van der Waals surface area contributed by atoms with Gasteiger partial charge in [-0.15, -0.1) is 0 Å². The van der Waals surface area contributed by atoms with E-state index in [1.165, 1.54) is 11.1 Å². The van der Waals surface area contributed by atoms with Crippen LogP contribution in [0, 0.1) is 19.8 Å². The number of hydrogen-bond donors (Lipinski definition) is 1. The molecule has 1 N–H and O–H groups in total. The van der Waals surface area contributed by atoms with Crippen molar-refractivity contribution in [2.45, 2.75) is 33.2 Å². The average molecular weight is 377 g/mol. The lowest BCUT2D eigenvalue weighted by Gasteiger charge is -2.30. The Morgan fingerprint density at radius 3 is 2.46 bits per heavy atom. The molecule has 4 nitrogen and oxygen atoms in total. The molecule has 0 aromatic heterocycles. The molecule has 3 rings (SSSR count). The Labute approximate surface area is 167 Å². The SMILES string of the molecule is Cc1ccc(CNC(=O)C2CCN(C(=O)C=Cc3ccccc3)CC2)c(C)c1. The van der Waals surface area contributed by atoms with Gasteiger partial charge in [-0.25, -0.2) is 0 Å². The van der Waals surface area contributed by atoms with E-state index in [0.717, 1.165) is 11.1 Å². The predicted molar refractivity (Wildman–Crippen MR) is 113 cm³/mol. The molecule has 146 valence electrons. The zero-order valence-corrected chi connectivity index (χ0v) is 16.7. The van der Waals surface area contributed by atoms with Crippen LogP contribution in [0.1, 0.15) is 35.1 Å². The van der Waals surface area contributed by atoms with Crippen LogP contribution in [-0.4, -0.2) is 29.8 Å². The fourth-order valence-corrected chi connectivity index (χ4v) is 3.57. The summed E-state index contributed by atoms with van der Waals surface area (Å²) in [6, 6.07) is 16.1. The molecule has 0 spiro atoms. The van der Waals surface area contributed by atoms with Gasteiger partial charge >= 0.3 is 0 Å². The molecule has 0 saturated carbocycles. The van der Waals surface area contributed by atoms with Crippen molar-refractivity contribution in [3.8, 4) is 0 Å². The van der Waals surface area contributed by atoms with Crippen LogP contribution in [-0.2, 0) is 16.1 Å². The zero-order chi connectivity index (χ0) is 19.9. The second kappa shape index (κ2) is 9.36. The molecule has 1 heterocycles. The third-order valence-corrected chi connectivity index (χ3v) is 5.35. The van der Waals surface area contributed by atoms with Crippen LogP contribution in [0.4, 0.5) is 0 Å². The molecule has 0 radical (unpaired) electrons. The Morgan fingerprint density at radius 2 is 1.79 bits per heavy atom. The average Bonchev–Trinajstić information content (AvgIpc) is 2.72. The molecular formula is C24H28N2O2. The summed E-state index contributed by atoms with van der Waals surface area (Å²) in [5.74, 6) is 0.0813. The summed E-state index contributed by atoms with van der Waals surface area (Å²) in [5, 5.41) is 3.06. The topological polar surface area (TPSA) is 49.4 Å². The van der Waals surface area contributed by atoms with Gasteiger partial charge in [0.05, 0.1) is 0 Å². The van der Waals surface area contributed by atoms with Crippen LogP contribution < -0.4 is 5.32 Å². The van der Waals surface area contributed by atoms with Crippen LogP contribution in [0.5, 0.6) is 0 Å². The number of nitrogens with one attached hydrogen (secondary N) is 1. The highest BCUT2D eigenvalue weighted by molar-refractivity contribution is 5.92. The Kier molecular flexibility index (Phi) is 6.64. The van der Waals surface area contributed by atoms with Crippen LogP contribution in [0.15, 0.2) is 54.6 Å². The lowest BCUT2D eigenvalue weighted by molar-refractivity contribution is -0.132. The number of rotatable bonds is 5. The van der Waals surface area contributed by atoms with Gasteiger partial charge in [0.2, 0.25) is 11.8 Å². The molecule has 2 amide bonds. The van der Waals surface area contributed by atoms with Crippen LogP contribution >= 0.6 is 0 Å². The fourth-order valence-electron chi connectivity index (χ4n) is 3.57.